The van der Waals surface area contributed by atoms with E-state index in [9.17, 15) is 14.4 Å². The largest absolute Gasteiger partial charge is 0.480 e. The first-order valence-electron chi connectivity index (χ1n) is 21.5. The molecule has 2 amide bonds. The SMILES string of the molecule is Cn1nc(C2CCC(=O)NC2=O)c2ccc(C3CCN(CC4CCN(c5cc(Nc6ccc7c(c6)c6c(c(=O)n7C)OCC(F)(F)C(C7CC7)N6)c(Cl)cn5)CC4)CC3)cc21. The average Bonchev–Trinajstić information content (AvgIpc) is 4.06. The molecule has 13 nitrogen and oxygen atoms in total. The fourth-order valence-corrected chi connectivity index (χ4v) is 10.2. The van der Waals surface area contributed by atoms with Gasteiger partial charge in [0.2, 0.25) is 17.6 Å². The van der Waals surface area contributed by atoms with Gasteiger partial charge in [0.1, 0.15) is 5.82 Å². The van der Waals surface area contributed by atoms with Gasteiger partial charge in [-0.05, 0) is 106 Å². The maximum atomic E-state index is 15.2. The first-order valence-corrected chi connectivity index (χ1v) is 21.9. The number of pyridine rings is 2. The number of hydrogen-bond donors (Lipinski definition) is 3. The lowest BCUT2D eigenvalue weighted by Gasteiger charge is -2.38. The number of rotatable bonds is 8. The molecular weight excluding hydrogens is 804 g/mol. The molecule has 4 fully saturated rings. The molecule has 2 aromatic carbocycles. The van der Waals surface area contributed by atoms with Crippen molar-refractivity contribution < 1.29 is 23.1 Å². The van der Waals surface area contributed by atoms with Gasteiger partial charge in [-0.3, -0.25) is 24.4 Å². The van der Waals surface area contributed by atoms with Gasteiger partial charge in [0.05, 0.1) is 51.3 Å². The van der Waals surface area contributed by atoms with Crippen molar-refractivity contribution in [2.75, 3.05) is 54.9 Å². The molecule has 61 heavy (non-hydrogen) atoms. The number of benzene rings is 2. The van der Waals surface area contributed by atoms with Crippen LogP contribution in [0.3, 0.4) is 0 Å². The third kappa shape index (κ3) is 7.57. The van der Waals surface area contributed by atoms with E-state index in [1.54, 1.807) is 13.2 Å². The summed E-state index contributed by atoms with van der Waals surface area (Å²) in [6, 6.07) is 12.9. The van der Waals surface area contributed by atoms with Gasteiger partial charge < -0.3 is 29.7 Å². The highest BCUT2D eigenvalue weighted by molar-refractivity contribution is 6.33. The van der Waals surface area contributed by atoms with Gasteiger partial charge in [0, 0.05) is 62.7 Å². The van der Waals surface area contributed by atoms with Gasteiger partial charge in [-0.2, -0.15) is 5.10 Å². The highest BCUT2D eigenvalue weighted by Crippen LogP contribution is 2.46. The van der Waals surface area contributed by atoms with Crippen LogP contribution in [0.4, 0.5) is 31.7 Å². The van der Waals surface area contributed by atoms with Crippen LogP contribution in [-0.2, 0) is 23.7 Å². The number of imide groups is 1. The van der Waals surface area contributed by atoms with Crippen molar-refractivity contribution in [1.82, 2.24) is 29.5 Å². The van der Waals surface area contributed by atoms with E-state index in [4.69, 9.17) is 26.4 Å². The summed E-state index contributed by atoms with van der Waals surface area (Å²) in [4.78, 5) is 47.2. The summed E-state index contributed by atoms with van der Waals surface area (Å²) in [6.07, 6.45) is 8.20. The van der Waals surface area contributed by atoms with Crippen molar-refractivity contribution in [2.45, 2.75) is 75.2 Å². The minimum Gasteiger partial charge on any atom is -0.480 e. The molecule has 5 aromatic rings. The summed E-state index contributed by atoms with van der Waals surface area (Å²) in [5.41, 5.74) is 4.89. The highest BCUT2D eigenvalue weighted by atomic mass is 35.5. The maximum Gasteiger partial charge on any atom is 0.301 e. The summed E-state index contributed by atoms with van der Waals surface area (Å²) < 4.78 is 39.2. The number of hydrogen-bond acceptors (Lipinski definition) is 10. The number of halogens is 3. The monoisotopic (exact) mass is 853 g/mol. The number of likely N-dealkylation sites (tertiary alicyclic amines) is 1. The molecule has 2 atom stereocenters. The molecule has 3 aromatic heterocycles. The highest BCUT2D eigenvalue weighted by Gasteiger charge is 2.51. The number of fused-ring (bicyclic) bond motifs is 4. The van der Waals surface area contributed by atoms with Crippen LogP contribution >= 0.6 is 11.6 Å². The number of piperidine rings is 3. The molecule has 3 saturated heterocycles. The van der Waals surface area contributed by atoms with Crippen molar-refractivity contribution in [3.63, 3.8) is 0 Å². The van der Waals surface area contributed by atoms with Gasteiger partial charge >= 0.3 is 5.92 Å². The fraction of sp³-hybridized carbons (Fsp3) is 0.489. The van der Waals surface area contributed by atoms with E-state index < -0.39 is 30.0 Å². The number of amides is 2. The number of aromatic nitrogens is 4. The standard InChI is InChI=1S/C45H50ClF2N9O4/c1-54-35-9-6-29(20-32(35)40-41(44(54)60)61-24-45(47,48)42(52-40)27-3-4-27)50-34-21-37(49-22-33(34)46)57-17-11-25(12-18-57)23-56-15-13-26(14-16-56)28-5-7-30-36(19-28)55(2)53-39(30)31-8-10-38(58)51-43(31)59/h5-7,9,19-22,25-27,31,42,52H,3-4,8,10-18,23-24H2,1-2H3,(H,49,50)(H,51,58,59). The Hall–Kier alpha value is -5.28. The van der Waals surface area contributed by atoms with Crippen molar-refractivity contribution >= 4 is 68.1 Å². The zero-order chi connectivity index (χ0) is 42.2. The molecule has 1 aliphatic carbocycles. The zero-order valence-electron chi connectivity index (χ0n) is 34.4. The first-order chi connectivity index (χ1) is 29.4. The van der Waals surface area contributed by atoms with Gasteiger partial charge in [-0.25, -0.2) is 13.8 Å². The molecule has 5 aliphatic rings. The van der Waals surface area contributed by atoms with Crippen LogP contribution in [0.5, 0.6) is 5.75 Å². The predicted molar refractivity (Wildman–Crippen MR) is 231 cm³/mol. The molecule has 10 rings (SSSR count). The number of aryl methyl sites for hydroxylation is 2. The molecule has 0 bridgehead atoms. The molecule has 1 saturated carbocycles. The number of alkyl halides is 2. The first kappa shape index (κ1) is 39.8. The van der Waals surface area contributed by atoms with Crippen molar-refractivity contribution in [1.29, 1.82) is 0 Å². The summed E-state index contributed by atoms with van der Waals surface area (Å²) in [7, 11) is 3.54. The maximum absolute atomic E-state index is 15.2. The Kier molecular flexibility index (Phi) is 10.2. The third-order valence-electron chi connectivity index (χ3n) is 13.7. The Labute approximate surface area is 356 Å². The number of anilines is 4. The van der Waals surface area contributed by atoms with Crippen LogP contribution in [0, 0.1) is 11.8 Å². The Bertz CT molecular complexity index is 2610. The molecule has 320 valence electrons. The van der Waals surface area contributed by atoms with E-state index in [0.717, 1.165) is 80.8 Å². The number of ether oxygens (including phenoxy) is 1. The molecule has 4 aliphatic heterocycles. The fourth-order valence-electron chi connectivity index (χ4n) is 10.1. The second-order valence-corrected chi connectivity index (χ2v) is 18.2. The summed E-state index contributed by atoms with van der Waals surface area (Å²) in [5, 5.41) is 15.7. The zero-order valence-corrected chi connectivity index (χ0v) is 35.1. The van der Waals surface area contributed by atoms with Crippen LogP contribution in [0.1, 0.15) is 74.5 Å². The third-order valence-corrected chi connectivity index (χ3v) is 14.0. The Morgan fingerprint density at radius 2 is 1.70 bits per heavy atom. The summed E-state index contributed by atoms with van der Waals surface area (Å²) in [6.45, 7) is 4.10. The van der Waals surface area contributed by atoms with Gasteiger partial charge in [-0.1, -0.05) is 23.7 Å². The minimum absolute atomic E-state index is 0.0873. The van der Waals surface area contributed by atoms with Crippen molar-refractivity contribution in [3.8, 4) is 5.75 Å². The molecule has 2 unspecified atom stereocenters. The smallest absolute Gasteiger partial charge is 0.301 e. The predicted octanol–water partition coefficient (Wildman–Crippen LogP) is 7.05. The normalized spacial score (nSPS) is 22.7. The molecule has 3 N–H and O–H groups in total. The number of nitrogens with zero attached hydrogens (tertiary/aromatic N) is 6. The quantitative estimate of drug-likeness (QED) is 0.139. The lowest BCUT2D eigenvalue weighted by atomic mass is 9.87. The molecule has 0 spiro atoms. The molecular formula is C45H50ClF2N9O4. The van der Waals surface area contributed by atoms with E-state index in [2.05, 4.69) is 43.9 Å². The van der Waals surface area contributed by atoms with Crippen LogP contribution in [-0.4, -0.2) is 87.3 Å². The summed E-state index contributed by atoms with van der Waals surface area (Å²) >= 11 is 6.69. The van der Waals surface area contributed by atoms with E-state index in [0.29, 0.717) is 70.5 Å². The number of nitrogens with one attached hydrogen (secondary N) is 3. The average molecular weight is 854 g/mol. The van der Waals surface area contributed by atoms with Crippen LogP contribution in [0.15, 0.2) is 53.5 Å². The van der Waals surface area contributed by atoms with Gasteiger partial charge in [0.25, 0.3) is 5.56 Å². The Balaban J connectivity index is 0.763. The van der Waals surface area contributed by atoms with Gasteiger partial charge in [-0.15, -0.1) is 0 Å². The van der Waals surface area contributed by atoms with E-state index in [-0.39, 0.29) is 23.5 Å². The van der Waals surface area contributed by atoms with Crippen molar-refractivity contribution in [2.24, 2.45) is 25.9 Å². The molecule has 0 radical (unpaired) electrons. The van der Waals surface area contributed by atoms with E-state index >= 15 is 8.78 Å². The Morgan fingerprint density at radius 1 is 0.918 bits per heavy atom. The van der Waals surface area contributed by atoms with Gasteiger partial charge in [0.15, 0.2) is 6.61 Å². The summed E-state index contributed by atoms with van der Waals surface area (Å²) in [5.74, 6) is -2.37. The lowest BCUT2D eigenvalue weighted by Crippen LogP contribution is -2.44. The Morgan fingerprint density at radius 3 is 2.46 bits per heavy atom. The van der Waals surface area contributed by atoms with Crippen molar-refractivity contribution in [3.05, 3.63) is 75.3 Å². The second kappa shape index (κ2) is 15.6. The number of carbonyl (C=O) groups excluding carboxylic acids is 2. The van der Waals surface area contributed by atoms with Crippen LogP contribution in [0.2, 0.25) is 5.02 Å². The lowest BCUT2D eigenvalue weighted by molar-refractivity contribution is -0.134. The van der Waals surface area contributed by atoms with Crippen LogP contribution in [0.25, 0.3) is 21.8 Å². The minimum atomic E-state index is -3.12. The molecule has 16 heteroatoms. The number of carbonyl (C=O) groups is 2. The van der Waals surface area contributed by atoms with E-state index in [1.807, 2.05) is 36.0 Å². The molecule has 7 heterocycles. The van der Waals surface area contributed by atoms with Crippen LogP contribution < -0.4 is 31.1 Å². The van der Waals surface area contributed by atoms with E-state index in [1.165, 1.54) is 10.1 Å². The topological polar surface area (TPSA) is 139 Å². The second-order valence-electron chi connectivity index (χ2n) is 17.8.